The van der Waals surface area contributed by atoms with Gasteiger partial charge in [0.2, 0.25) is 5.91 Å². The second-order valence-electron chi connectivity index (χ2n) is 0.779. The largest absolute Gasteiger partial charge is 0.273 e. The van der Waals surface area contributed by atoms with Crippen LogP contribution in [0.2, 0.25) is 0 Å². The minimum absolute atomic E-state index is 0.127. The summed E-state index contributed by atoms with van der Waals surface area (Å²) in [5.74, 6) is -0.127. The number of halogens is 1. The van der Waals surface area contributed by atoms with Gasteiger partial charge in [0, 0.05) is 6.92 Å². The molecule has 4 heteroatoms. The van der Waals surface area contributed by atoms with Gasteiger partial charge in [-0.15, -0.1) is 0 Å². The second kappa shape index (κ2) is 2.47. The molecule has 0 aromatic carbocycles. The van der Waals surface area contributed by atoms with Gasteiger partial charge in [0.05, 0.1) is 16.1 Å². The second-order valence-corrected chi connectivity index (χ2v) is 2.44. The van der Waals surface area contributed by atoms with Gasteiger partial charge >= 0.3 is 0 Å². The molecule has 0 saturated carbocycles. The molecule has 0 aliphatic rings. The predicted octanol–water partition coefficient (Wildman–Crippen LogP) is 0.990. The van der Waals surface area contributed by atoms with Gasteiger partial charge in [0.15, 0.2) is 0 Å². The van der Waals surface area contributed by atoms with E-state index >= 15 is 0 Å². The summed E-state index contributed by atoms with van der Waals surface area (Å²) in [5, 5.41) is 0. The molecular weight excluding hydrogens is 166 g/mol. The highest BCUT2D eigenvalue weighted by Crippen LogP contribution is 1.99. The Bertz CT molecular complexity index is 64.6. The van der Waals surface area contributed by atoms with Crippen molar-refractivity contribution in [1.82, 2.24) is 3.33 Å². The zero-order valence-corrected chi connectivity index (χ0v) is 5.66. The molecule has 2 nitrogen and oxygen atoms in total. The Morgan fingerprint density at radius 2 is 2.17 bits per heavy atom. The average molecular weight is 170 g/mol. The fourth-order valence-corrected chi connectivity index (χ4v) is 0. The monoisotopic (exact) mass is 169 g/mol. The average Bonchev–Trinajstić information content (AvgIpc) is 1.36. The van der Waals surface area contributed by atoms with Gasteiger partial charge in [-0.3, -0.25) is 4.79 Å². The molecule has 0 aromatic rings. The Kier molecular flexibility index (Phi) is 2.59. The van der Waals surface area contributed by atoms with Crippen molar-refractivity contribution in [3.63, 3.8) is 0 Å². The van der Waals surface area contributed by atoms with Gasteiger partial charge in [0.25, 0.3) is 0 Å². The molecule has 0 saturated heterocycles. The Labute approximate surface area is 50.4 Å². The van der Waals surface area contributed by atoms with E-state index < -0.39 is 0 Å². The molecule has 0 unspecified atom stereocenters. The SMILES string of the molecule is CC(=O)N(S)Br. The van der Waals surface area contributed by atoms with Crippen LogP contribution in [0.3, 0.4) is 0 Å². The summed E-state index contributed by atoms with van der Waals surface area (Å²) in [6.07, 6.45) is 0. The first-order chi connectivity index (χ1) is 2.64. The Morgan fingerprint density at radius 1 is 2.00 bits per heavy atom. The quantitative estimate of drug-likeness (QED) is 0.424. The Morgan fingerprint density at radius 3 is 2.17 bits per heavy atom. The zero-order chi connectivity index (χ0) is 5.15. The molecule has 0 spiro atoms. The molecule has 0 radical (unpaired) electrons. The lowest BCUT2D eigenvalue weighted by Crippen LogP contribution is -2.02. The predicted molar refractivity (Wildman–Crippen MR) is 30.4 cm³/mol. The molecule has 0 aliphatic carbocycles. The van der Waals surface area contributed by atoms with Gasteiger partial charge in [-0.25, -0.2) is 3.33 Å². The van der Waals surface area contributed by atoms with E-state index in [-0.39, 0.29) is 5.91 Å². The highest BCUT2D eigenvalue weighted by Gasteiger charge is 1.92. The van der Waals surface area contributed by atoms with Gasteiger partial charge in [-0.2, -0.15) is 0 Å². The minimum atomic E-state index is -0.127. The standard InChI is InChI=1S/C2H4BrNOS/c1-2(5)4(3)6/h6H,1H3. The van der Waals surface area contributed by atoms with Crippen molar-refractivity contribution in [2.75, 3.05) is 0 Å². The van der Waals surface area contributed by atoms with E-state index in [2.05, 4.69) is 29.0 Å². The van der Waals surface area contributed by atoms with Gasteiger partial charge in [-0.05, 0) is 0 Å². The van der Waals surface area contributed by atoms with E-state index in [9.17, 15) is 4.79 Å². The lowest BCUT2D eigenvalue weighted by atomic mass is 10.8. The zero-order valence-electron chi connectivity index (χ0n) is 3.18. The number of rotatable bonds is 0. The number of thiol groups is 1. The number of hydrogen-bond acceptors (Lipinski definition) is 2. The molecule has 0 fully saturated rings. The van der Waals surface area contributed by atoms with Gasteiger partial charge < -0.3 is 0 Å². The molecular formula is C2H4BrNOS. The maximum absolute atomic E-state index is 9.95. The van der Waals surface area contributed by atoms with Crippen LogP contribution < -0.4 is 0 Å². The first kappa shape index (κ1) is 6.30. The van der Waals surface area contributed by atoms with Crippen LogP contribution >= 0.6 is 29.0 Å². The van der Waals surface area contributed by atoms with Crippen LogP contribution in [0.1, 0.15) is 6.92 Å². The van der Waals surface area contributed by atoms with Crippen molar-refractivity contribution in [2.24, 2.45) is 0 Å². The van der Waals surface area contributed by atoms with Crippen molar-refractivity contribution < 1.29 is 4.79 Å². The van der Waals surface area contributed by atoms with Crippen LogP contribution in [-0.4, -0.2) is 9.24 Å². The molecule has 0 N–H and O–H groups in total. The van der Waals surface area contributed by atoms with Gasteiger partial charge in [0.1, 0.15) is 0 Å². The van der Waals surface area contributed by atoms with E-state index in [0.717, 1.165) is 3.33 Å². The first-order valence-electron chi connectivity index (χ1n) is 1.30. The topological polar surface area (TPSA) is 20.3 Å². The fraction of sp³-hybridized carbons (Fsp3) is 0.500. The van der Waals surface area contributed by atoms with E-state index in [1.807, 2.05) is 0 Å². The first-order valence-corrected chi connectivity index (χ1v) is 2.41. The smallest absolute Gasteiger partial charge is 0.239 e. The van der Waals surface area contributed by atoms with Gasteiger partial charge in [-0.1, -0.05) is 12.8 Å². The number of carbonyl (C=O) groups is 1. The lowest BCUT2D eigenvalue weighted by molar-refractivity contribution is -0.120. The summed E-state index contributed by atoms with van der Waals surface area (Å²) in [7, 11) is 0. The summed E-state index contributed by atoms with van der Waals surface area (Å²) >= 11 is 6.38. The molecule has 1 amide bonds. The van der Waals surface area contributed by atoms with Crippen LogP contribution in [0.5, 0.6) is 0 Å². The molecule has 0 aromatic heterocycles. The molecule has 6 heavy (non-hydrogen) atoms. The third-order valence-electron chi connectivity index (χ3n) is 0.260. The van der Waals surface area contributed by atoms with Crippen LogP contribution in [-0.2, 0) is 4.79 Å². The van der Waals surface area contributed by atoms with E-state index in [0.29, 0.717) is 0 Å². The van der Waals surface area contributed by atoms with E-state index in [1.54, 1.807) is 0 Å². The summed E-state index contributed by atoms with van der Waals surface area (Å²) in [6, 6.07) is 0. The molecule has 0 atom stereocenters. The lowest BCUT2D eigenvalue weighted by Gasteiger charge is -1.96. The van der Waals surface area contributed by atoms with Crippen LogP contribution in [0.4, 0.5) is 0 Å². The summed E-state index contributed by atoms with van der Waals surface area (Å²) in [4.78, 5) is 9.95. The summed E-state index contributed by atoms with van der Waals surface area (Å²) < 4.78 is 1.03. The van der Waals surface area contributed by atoms with Crippen molar-refractivity contribution in [1.29, 1.82) is 0 Å². The fourth-order valence-electron chi connectivity index (χ4n) is 0. The molecule has 36 valence electrons. The molecule has 0 bridgehead atoms. The molecule has 0 rings (SSSR count). The maximum Gasteiger partial charge on any atom is 0.239 e. The van der Waals surface area contributed by atoms with E-state index in [1.165, 1.54) is 6.92 Å². The van der Waals surface area contributed by atoms with Crippen LogP contribution in [0.15, 0.2) is 0 Å². The molecule has 0 heterocycles. The van der Waals surface area contributed by atoms with Crippen LogP contribution in [0, 0.1) is 0 Å². The number of nitrogens with zero attached hydrogens (tertiary/aromatic N) is 1. The number of hydrogen-bond donors (Lipinski definition) is 1. The third-order valence-corrected chi connectivity index (χ3v) is 1.04. The van der Waals surface area contributed by atoms with Crippen molar-refractivity contribution in [2.45, 2.75) is 6.92 Å². The number of amides is 1. The van der Waals surface area contributed by atoms with Crippen LogP contribution in [0.25, 0.3) is 0 Å². The Balaban J connectivity index is 3.26. The van der Waals surface area contributed by atoms with E-state index in [4.69, 9.17) is 0 Å². The highest BCUT2D eigenvalue weighted by atomic mass is 79.9. The summed E-state index contributed by atoms with van der Waals surface area (Å²) in [5.41, 5.74) is 0. The maximum atomic E-state index is 9.95. The van der Waals surface area contributed by atoms with Crippen molar-refractivity contribution in [3.05, 3.63) is 0 Å². The number of carbonyl (C=O) groups excluding carboxylic acids is 1. The summed E-state index contributed by atoms with van der Waals surface area (Å²) in [6.45, 7) is 1.40. The highest BCUT2D eigenvalue weighted by molar-refractivity contribution is 9.09. The Hall–Kier alpha value is 0.300. The minimum Gasteiger partial charge on any atom is -0.273 e. The van der Waals surface area contributed by atoms with Crippen molar-refractivity contribution in [3.8, 4) is 0 Å². The van der Waals surface area contributed by atoms with Crippen molar-refractivity contribution >= 4 is 34.9 Å². The normalized spacial score (nSPS) is 7.83. The molecule has 0 aliphatic heterocycles. The third kappa shape index (κ3) is 2.53.